The van der Waals surface area contributed by atoms with E-state index in [0.717, 1.165) is 23.0 Å². The second-order valence-corrected chi connectivity index (χ2v) is 6.93. The lowest BCUT2D eigenvalue weighted by Gasteiger charge is -2.17. The molecule has 0 unspecified atom stereocenters. The molecule has 7 heteroatoms. The molecule has 7 nitrogen and oxygen atoms in total. The molecule has 0 atom stereocenters. The Morgan fingerprint density at radius 3 is 2.42 bits per heavy atom. The van der Waals surface area contributed by atoms with Crippen molar-refractivity contribution in [3.05, 3.63) is 29.3 Å². The number of amides is 1. The maximum atomic E-state index is 11.8. The number of nitrogens with zero attached hydrogens (tertiary/aromatic N) is 4. The van der Waals surface area contributed by atoms with Crippen molar-refractivity contribution in [2.75, 3.05) is 18.4 Å². The van der Waals surface area contributed by atoms with E-state index in [-0.39, 0.29) is 11.3 Å². The van der Waals surface area contributed by atoms with Gasteiger partial charge in [-0.25, -0.2) is 14.6 Å². The van der Waals surface area contributed by atoms with Crippen molar-refractivity contribution in [3.8, 4) is 5.82 Å². The number of anilines is 1. The van der Waals surface area contributed by atoms with E-state index in [1.54, 1.807) is 4.68 Å². The molecule has 0 spiro atoms. The number of aryl methyl sites for hydroxylation is 3. The van der Waals surface area contributed by atoms with E-state index in [0.29, 0.717) is 18.9 Å². The number of hydrogen-bond acceptors (Lipinski definition) is 5. The minimum atomic E-state index is -0.381. The zero-order chi connectivity index (χ0) is 17.9. The minimum absolute atomic E-state index is 0.0338. The van der Waals surface area contributed by atoms with Crippen molar-refractivity contribution in [1.82, 2.24) is 25.1 Å². The Morgan fingerprint density at radius 2 is 1.83 bits per heavy atom. The molecule has 0 aliphatic heterocycles. The van der Waals surface area contributed by atoms with Gasteiger partial charge in [0.25, 0.3) is 0 Å². The maximum Gasteiger partial charge on any atom is 0.225 e. The van der Waals surface area contributed by atoms with E-state index < -0.39 is 0 Å². The highest BCUT2D eigenvalue weighted by Gasteiger charge is 2.20. The van der Waals surface area contributed by atoms with E-state index in [9.17, 15) is 4.79 Å². The molecule has 0 aliphatic carbocycles. The first kappa shape index (κ1) is 17.9. The highest BCUT2D eigenvalue weighted by molar-refractivity contribution is 5.81. The molecule has 0 aromatic carbocycles. The van der Waals surface area contributed by atoms with Gasteiger partial charge in [0.05, 0.1) is 5.69 Å². The van der Waals surface area contributed by atoms with Gasteiger partial charge >= 0.3 is 0 Å². The van der Waals surface area contributed by atoms with Crippen LogP contribution in [0.3, 0.4) is 0 Å². The third-order valence-electron chi connectivity index (χ3n) is 3.45. The maximum absolute atomic E-state index is 11.8. The summed E-state index contributed by atoms with van der Waals surface area (Å²) in [6.45, 7) is 12.6. The van der Waals surface area contributed by atoms with E-state index in [2.05, 4.69) is 25.7 Å². The van der Waals surface area contributed by atoms with Crippen LogP contribution in [0.1, 0.15) is 38.0 Å². The zero-order valence-corrected chi connectivity index (χ0v) is 15.3. The van der Waals surface area contributed by atoms with Crippen LogP contribution in [0, 0.1) is 26.2 Å². The highest BCUT2D eigenvalue weighted by atomic mass is 16.2. The quantitative estimate of drug-likeness (QED) is 0.821. The van der Waals surface area contributed by atoms with E-state index in [1.807, 2.05) is 53.7 Å². The summed E-state index contributed by atoms with van der Waals surface area (Å²) < 4.78 is 1.80. The number of nitrogens with one attached hydrogen (secondary N) is 2. The van der Waals surface area contributed by atoms with Gasteiger partial charge < -0.3 is 10.6 Å². The van der Waals surface area contributed by atoms with Crippen molar-refractivity contribution in [3.63, 3.8) is 0 Å². The van der Waals surface area contributed by atoms with Gasteiger partial charge in [0.1, 0.15) is 11.6 Å². The Morgan fingerprint density at radius 1 is 1.12 bits per heavy atom. The van der Waals surface area contributed by atoms with Gasteiger partial charge in [0.15, 0.2) is 5.82 Å². The van der Waals surface area contributed by atoms with Gasteiger partial charge in [-0.1, -0.05) is 20.8 Å². The number of carbonyl (C=O) groups is 1. The summed E-state index contributed by atoms with van der Waals surface area (Å²) in [4.78, 5) is 20.7. The Bertz CT molecular complexity index is 729. The third-order valence-corrected chi connectivity index (χ3v) is 3.45. The summed E-state index contributed by atoms with van der Waals surface area (Å²) in [7, 11) is 0. The fourth-order valence-electron chi connectivity index (χ4n) is 2.24. The molecule has 24 heavy (non-hydrogen) atoms. The molecule has 0 fully saturated rings. The topological polar surface area (TPSA) is 84.7 Å². The number of rotatable bonds is 5. The van der Waals surface area contributed by atoms with Gasteiger partial charge in [-0.15, -0.1) is 0 Å². The van der Waals surface area contributed by atoms with Crippen LogP contribution < -0.4 is 10.6 Å². The Hall–Kier alpha value is -2.44. The molecule has 2 heterocycles. The van der Waals surface area contributed by atoms with Crippen LogP contribution in [0.15, 0.2) is 12.1 Å². The van der Waals surface area contributed by atoms with Crippen molar-refractivity contribution in [2.24, 2.45) is 5.41 Å². The van der Waals surface area contributed by atoms with Crippen molar-refractivity contribution in [2.45, 2.75) is 41.5 Å². The lowest BCUT2D eigenvalue weighted by atomic mass is 9.96. The molecule has 1 amide bonds. The van der Waals surface area contributed by atoms with Gasteiger partial charge in [0.2, 0.25) is 5.91 Å². The first-order chi connectivity index (χ1) is 11.2. The van der Waals surface area contributed by atoms with E-state index in [1.165, 1.54) is 0 Å². The fraction of sp³-hybridized carbons (Fsp3) is 0.529. The van der Waals surface area contributed by atoms with Crippen LogP contribution in [0.2, 0.25) is 0 Å². The molecule has 130 valence electrons. The predicted molar refractivity (Wildman–Crippen MR) is 94.3 cm³/mol. The molecule has 0 bridgehead atoms. The Labute approximate surface area is 142 Å². The van der Waals surface area contributed by atoms with Crippen LogP contribution in [-0.2, 0) is 4.79 Å². The molecule has 2 rings (SSSR count). The Balaban J connectivity index is 2.02. The molecule has 0 aliphatic rings. The number of aromatic nitrogens is 4. The largest absolute Gasteiger partial charge is 0.368 e. The lowest BCUT2D eigenvalue weighted by Crippen LogP contribution is -2.37. The molecule has 2 aromatic rings. The van der Waals surface area contributed by atoms with Crippen LogP contribution in [-0.4, -0.2) is 38.7 Å². The van der Waals surface area contributed by atoms with Crippen LogP contribution in [0.25, 0.3) is 5.82 Å². The van der Waals surface area contributed by atoms with Gasteiger partial charge in [-0.2, -0.15) is 5.10 Å². The van der Waals surface area contributed by atoms with Crippen LogP contribution in [0.4, 0.5) is 5.82 Å². The molecule has 0 saturated heterocycles. The third kappa shape index (κ3) is 4.53. The van der Waals surface area contributed by atoms with E-state index in [4.69, 9.17) is 0 Å². The molecular weight excluding hydrogens is 304 g/mol. The average Bonchev–Trinajstić information content (AvgIpc) is 2.80. The molecule has 2 aromatic heterocycles. The summed E-state index contributed by atoms with van der Waals surface area (Å²) >= 11 is 0. The van der Waals surface area contributed by atoms with Crippen molar-refractivity contribution in [1.29, 1.82) is 0 Å². The minimum Gasteiger partial charge on any atom is -0.368 e. The second kappa shape index (κ2) is 6.98. The summed E-state index contributed by atoms with van der Waals surface area (Å²) in [5.74, 6) is 2.15. The summed E-state index contributed by atoms with van der Waals surface area (Å²) in [6.07, 6.45) is 0. The average molecular weight is 330 g/mol. The van der Waals surface area contributed by atoms with Crippen LogP contribution in [0.5, 0.6) is 0 Å². The summed E-state index contributed by atoms with van der Waals surface area (Å²) in [5, 5.41) is 10.6. The number of carbonyl (C=O) groups excluding carboxylic acids is 1. The smallest absolute Gasteiger partial charge is 0.225 e. The first-order valence-corrected chi connectivity index (χ1v) is 8.08. The van der Waals surface area contributed by atoms with Gasteiger partial charge in [-0.05, 0) is 26.8 Å². The highest BCUT2D eigenvalue weighted by Crippen LogP contribution is 2.14. The Kier molecular flexibility index (Phi) is 5.21. The van der Waals surface area contributed by atoms with Gasteiger partial charge in [-0.3, -0.25) is 4.79 Å². The lowest BCUT2D eigenvalue weighted by molar-refractivity contribution is -0.128. The standard InChI is InChI=1S/C17H26N6O/c1-11-9-12(2)23(22-11)15-10-14(20-13(3)21-15)18-7-8-19-16(24)17(4,5)6/h9-10H,7-8H2,1-6H3,(H,19,24)(H,18,20,21). The normalized spacial score (nSPS) is 11.4. The first-order valence-electron chi connectivity index (χ1n) is 8.08. The molecule has 0 radical (unpaired) electrons. The van der Waals surface area contributed by atoms with Crippen molar-refractivity contribution < 1.29 is 4.79 Å². The second-order valence-electron chi connectivity index (χ2n) is 6.93. The SMILES string of the molecule is Cc1cc(C)n(-c2cc(NCCNC(=O)C(C)(C)C)nc(C)n2)n1. The summed E-state index contributed by atoms with van der Waals surface area (Å²) in [5.41, 5.74) is 1.59. The molecule has 0 saturated carbocycles. The fourth-order valence-corrected chi connectivity index (χ4v) is 2.24. The monoisotopic (exact) mass is 330 g/mol. The summed E-state index contributed by atoms with van der Waals surface area (Å²) in [6, 6.07) is 3.87. The predicted octanol–water partition coefficient (Wildman–Crippen LogP) is 2.16. The van der Waals surface area contributed by atoms with Gasteiger partial charge in [0, 0.05) is 30.3 Å². The van der Waals surface area contributed by atoms with Crippen molar-refractivity contribution >= 4 is 11.7 Å². The molecule has 2 N–H and O–H groups in total. The number of hydrogen-bond donors (Lipinski definition) is 2. The molecular formula is C17H26N6O. The zero-order valence-electron chi connectivity index (χ0n) is 15.3. The van der Waals surface area contributed by atoms with Crippen LogP contribution >= 0.6 is 0 Å². The van der Waals surface area contributed by atoms with E-state index >= 15 is 0 Å².